The van der Waals surface area contributed by atoms with Crippen LogP contribution in [0.4, 0.5) is 11.4 Å². The first kappa shape index (κ1) is 14.2. The molecular formula is C16H27N3. The molecule has 1 aromatic rings. The third-order valence-corrected chi connectivity index (χ3v) is 3.80. The Bertz CT molecular complexity index is 426. The van der Waals surface area contributed by atoms with Crippen molar-refractivity contribution < 1.29 is 0 Å². The molecule has 1 aliphatic rings. The average molecular weight is 261 g/mol. The molecule has 0 bridgehead atoms. The monoisotopic (exact) mass is 261 g/mol. The summed E-state index contributed by atoms with van der Waals surface area (Å²) in [5.74, 6) is 0. The molecule has 3 nitrogen and oxygen atoms in total. The van der Waals surface area contributed by atoms with E-state index in [0.29, 0.717) is 12.1 Å². The second-order valence-electron chi connectivity index (χ2n) is 6.12. The molecule has 1 unspecified atom stereocenters. The smallest absolute Gasteiger partial charge is 0.0411 e. The summed E-state index contributed by atoms with van der Waals surface area (Å²) < 4.78 is 0. The highest BCUT2D eigenvalue weighted by molar-refractivity contribution is 5.63. The van der Waals surface area contributed by atoms with Crippen LogP contribution in [0.1, 0.15) is 25.8 Å². The van der Waals surface area contributed by atoms with Gasteiger partial charge in [0.25, 0.3) is 0 Å². The van der Waals surface area contributed by atoms with Crippen LogP contribution < -0.4 is 15.1 Å². The van der Waals surface area contributed by atoms with Gasteiger partial charge in [-0.25, -0.2) is 0 Å². The molecule has 1 N–H and O–H groups in total. The van der Waals surface area contributed by atoms with E-state index >= 15 is 0 Å². The van der Waals surface area contributed by atoms with Crippen molar-refractivity contribution in [3.8, 4) is 0 Å². The number of aryl methyl sites for hydroxylation is 1. The Kier molecular flexibility index (Phi) is 4.35. The molecule has 0 amide bonds. The van der Waals surface area contributed by atoms with Crippen molar-refractivity contribution in [2.24, 2.45) is 0 Å². The van der Waals surface area contributed by atoms with Gasteiger partial charge in [-0.15, -0.1) is 0 Å². The molecule has 1 atom stereocenters. The zero-order chi connectivity index (χ0) is 14.0. The molecule has 2 rings (SSSR count). The molecule has 0 saturated carbocycles. The minimum Gasteiger partial charge on any atom is -0.377 e. The maximum absolute atomic E-state index is 3.64. The minimum atomic E-state index is 0.570. The summed E-state index contributed by atoms with van der Waals surface area (Å²) in [7, 11) is 4.22. The van der Waals surface area contributed by atoms with Gasteiger partial charge < -0.3 is 15.1 Å². The van der Waals surface area contributed by atoms with E-state index < -0.39 is 0 Å². The van der Waals surface area contributed by atoms with E-state index in [4.69, 9.17) is 0 Å². The van der Waals surface area contributed by atoms with E-state index in [2.05, 4.69) is 68.2 Å². The molecule has 19 heavy (non-hydrogen) atoms. The molecule has 0 spiro atoms. The number of rotatable bonds is 4. The van der Waals surface area contributed by atoms with Crippen molar-refractivity contribution in [3.63, 3.8) is 0 Å². The molecule has 1 fully saturated rings. The van der Waals surface area contributed by atoms with Gasteiger partial charge in [0.05, 0.1) is 0 Å². The molecule has 0 aliphatic carbocycles. The zero-order valence-corrected chi connectivity index (χ0v) is 12.9. The number of nitrogens with zero attached hydrogens (tertiary/aromatic N) is 2. The summed E-state index contributed by atoms with van der Waals surface area (Å²) in [5.41, 5.74) is 4.00. The van der Waals surface area contributed by atoms with Gasteiger partial charge in [0.2, 0.25) is 0 Å². The van der Waals surface area contributed by atoms with Gasteiger partial charge in [0.1, 0.15) is 0 Å². The van der Waals surface area contributed by atoms with Crippen LogP contribution in [0.15, 0.2) is 18.2 Å². The van der Waals surface area contributed by atoms with Gasteiger partial charge in [-0.3, -0.25) is 0 Å². The molecule has 1 aliphatic heterocycles. The predicted octanol–water partition coefficient (Wildman–Crippen LogP) is 2.64. The topological polar surface area (TPSA) is 18.5 Å². The molecular weight excluding hydrogens is 234 g/mol. The maximum Gasteiger partial charge on any atom is 0.0411 e. The second-order valence-corrected chi connectivity index (χ2v) is 6.12. The molecule has 1 heterocycles. The minimum absolute atomic E-state index is 0.570. The summed E-state index contributed by atoms with van der Waals surface area (Å²) in [6.45, 7) is 8.89. The molecule has 3 heteroatoms. The normalized spacial score (nSPS) is 19.3. The highest BCUT2D eigenvalue weighted by Gasteiger charge is 2.23. The Hall–Kier alpha value is -1.22. The van der Waals surface area contributed by atoms with E-state index in [0.717, 1.165) is 13.1 Å². The highest BCUT2D eigenvalue weighted by atomic mass is 15.2. The second kappa shape index (κ2) is 5.83. The highest BCUT2D eigenvalue weighted by Crippen LogP contribution is 2.27. The number of hydrogen-bond donors (Lipinski definition) is 1. The summed E-state index contributed by atoms with van der Waals surface area (Å²) in [6.07, 6.45) is 1.24. The molecule has 0 aromatic heterocycles. The van der Waals surface area contributed by atoms with Crippen LogP contribution in [-0.2, 0) is 0 Å². The van der Waals surface area contributed by atoms with Gasteiger partial charge in [-0.05, 0) is 31.0 Å². The lowest BCUT2D eigenvalue weighted by Gasteiger charge is -2.23. The molecule has 1 saturated heterocycles. The number of benzene rings is 1. The first-order chi connectivity index (χ1) is 8.97. The summed E-state index contributed by atoms with van der Waals surface area (Å²) in [4.78, 5) is 4.69. The van der Waals surface area contributed by atoms with Crippen molar-refractivity contribution in [3.05, 3.63) is 23.8 Å². The summed E-state index contributed by atoms with van der Waals surface area (Å²) in [6, 6.07) is 7.99. The third kappa shape index (κ3) is 3.41. The lowest BCUT2D eigenvalue weighted by Crippen LogP contribution is -2.37. The van der Waals surface area contributed by atoms with Crippen molar-refractivity contribution in [2.75, 3.05) is 37.0 Å². The van der Waals surface area contributed by atoms with Gasteiger partial charge in [-0.1, -0.05) is 19.9 Å². The molecule has 1 aromatic carbocycles. The average Bonchev–Trinajstić information content (AvgIpc) is 2.76. The van der Waals surface area contributed by atoms with Gasteiger partial charge in [0, 0.05) is 50.6 Å². The van der Waals surface area contributed by atoms with Crippen LogP contribution in [0.3, 0.4) is 0 Å². The van der Waals surface area contributed by atoms with E-state index in [9.17, 15) is 0 Å². The third-order valence-electron chi connectivity index (χ3n) is 3.80. The lowest BCUT2D eigenvalue weighted by atomic mass is 10.1. The largest absolute Gasteiger partial charge is 0.377 e. The number of anilines is 2. The predicted molar refractivity (Wildman–Crippen MR) is 84.4 cm³/mol. The summed E-state index contributed by atoms with van der Waals surface area (Å²) >= 11 is 0. The van der Waals surface area contributed by atoms with Crippen molar-refractivity contribution in [1.82, 2.24) is 5.32 Å². The zero-order valence-electron chi connectivity index (χ0n) is 12.9. The molecule has 106 valence electrons. The standard InChI is InChI=1S/C16H27N3/c1-12(2)17-14-8-9-19(11-14)15-7-6-13(3)16(10-15)18(4)5/h6-7,10,12,14,17H,8-9,11H2,1-5H3. The molecule has 0 radical (unpaired) electrons. The van der Waals surface area contributed by atoms with Crippen molar-refractivity contribution in [2.45, 2.75) is 39.3 Å². The van der Waals surface area contributed by atoms with Crippen LogP contribution in [-0.4, -0.2) is 39.3 Å². The van der Waals surface area contributed by atoms with Gasteiger partial charge >= 0.3 is 0 Å². The Labute approximate surface area is 117 Å². The van der Waals surface area contributed by atoms with Crippen molar-refractivity contribution >= 4 is 11.4 Å². The van der Waals surface area contributed by atoms with Gasteiger partial charge in [0.15, 0.2) is 0 Å². The van der Waals surface area contributed by atoms with E-state index in [1.165, 1.54) is 23.4 Å². The first-order valence-electron chi connectivity index (χ1n) is 7.26. The number of nitrogens with one attached hydrogen (secondary N) is 1. The van der Waals surface area contributed by atoms with Crippen LogP contribution in [0.25, 0.3) is 0 Å². The Morgan fingerprint density at radius 3 is 2.68 bits per heavy atom. The number of hydrogen-bond acceptors (Lipinski definition) is 3. The van der Waals surface area contributed by atoms with Crippen LogP contribution in [0, 0.1) is 6.92 Å². The van der Waals surface area contributed by atoms with Crippen LogP contribution in [0.5, 0.6) is 0 Å². The van der Waals surface area contributed by atoms with Crippen molar-refractivity contribution in [1.29, 1.82) is 0 Å². The van der Waals surface area contributed by atoms with E-state index in [-0.39, 0.29) is 0 Å². The SMILES string of the molecule is Cc1ccc(N2CCC(NC(C)C)C2)cc1N(C)C. The quantitative estimate of drug-likeness (QED) is 0.899. The fraction of sp³-hybridized carbons (Fsp3) is 0.625. The fourth-order valence-electron chi connectivity index (χ4n) is 2.88. The fourth-order valence-corrected chi connectivity index (χ4v) is 2.88. The lowest BCUT2D eigenvalue weighted by molar-refractivity contribution is 0.492. The maximum atomic E-state index is 3.64. The van der Waals surface area contributed by atoms with E-state index in [1.54, 1.807) is 0 Å². The summed E-state index contributed by atoms with van der Waals surface area (Å²) in [5, 5.41) is 3.64. The Morgan fingerprint density at radius 1 is 1.32 bits per heavy atom. The van der Waals surface area contributed by atoms with Crippen LogP contribution in [0.2, 0.25) is 0 Å². The first-order valence-corrected chi connectivity index (χ1v) is 7.26. The van der Waals surface area contributed by atoms with E-state index in [1.807, 2.05) is 0 Å². The Morgan fingerprint density at radius 2 is 2.05 bits per heavy atom. The van der Waals surface area contributed by atoms with Gasteiger partial charge in [-0.2, -0.15) is 0 Å². The van der Waals surface area contributed by atoms with Crippen LogP contribution >= 0.6 is 0 Å². The Balaban J connectivity index is 2.09.